The van der Waals surface area contributed by atoms with Crippen LogP contribution in [0.5, 0.6) is 0 Å². The van der Waals surface area contributed by atoms with Gasteiger partial charge in [-0.05, 0) is 30.9 Å². The highest BCUT2D eigenvalue weighted by atomic mass is 16.4. The van der Waals surface area contributed by atoms with E-state index in [0.29, 0.717) is 17.0 Å². The lowest BCUT2D eigenvalue weighted by Gasteiger charge is -2.29. The van der Waals surface area contributed by atoms with E-state index < -0.39 is 5.97 Å². The summed E-state index contributed by atoms with van der Waals surface area (Å²) in [6.07, 6.45) is 5.31. The molecule has 21 heavy (non-hydrogen) atoms. The molecule has 1 saturated carbocycles. The number of carboxylic acid groups (broad SMARTS) is 1. The van der Waals surface area contributed by atoms with Gasteiger partial charge in [-0.2, -0.15) is 0 Å². The zero-order valence-electron chi connectivity index (χ0n) is 12.1. The molecule has 1 aliphatic carbocycles. The van der Waals surface area contributed by atoms with Crippen molar-refractivity contribution in [1.82, 2.24) is 9.55 Å². The number of aromatic amines is 1. The molecule has 2 N–H and O–H groups in total. The summed E-state index contributed by atoms with van der Waals surface area (Å²) in [5.41, 5.74) is 1.15. The van der Waals surface area contributed by atoms with Gasteiger partial charge in [-0.1, -0.05) is 32.3 Å². The van der Waals surface area contributed by atoms with Gasteiger partial charge < -0.3 is 10.1 Å². The SMILES string of the molecule is CCC1CCCC(n2c(=O)[nH]c3cccc(C(=O)O)c32)C1. The topological polar surface area (TPSA) is 75.1 Å². The summed E-state index contributed by atoms with van der Waals surface area (Å²) >= 11 is 0. The number of aromatic nitrogens is 2. The van der Waals surface area contributed by atoms with Gasteiger partial charge in [0, 0.05) is 6.04 Å². The number of hydrogen-bond acceptors (Lipinski definition) is 2. The number of fused-ring (bicyclic) bond motifs is 1. The van der Waals surface area contributed by atoms with E-state index >= 15 is 0 Å². The highest BCUT2D eigenvalue weighted by molar-refractivity contribution is 6.01. The smallest absolute Gasteiger partial charge is 0.337 e. The second-order valence-electron chi connectivity index (χ2n) is 5.90. The van der Waals surface area contributed by atoms with E-state index in [1.807, 2.05) is 0 Å². The van der Waals surface area contributed by atoms with Crippen molar-refractivity contribution >= 4 is 17.0 Å². The maximum Gasteiger partial charge on any atom is 0.337 e. The minimum atomic E-state index is -0.990. The summed E-state index contributed by atoms with van der Waals surface area (Å²) in [4.78, 5) is 26.6. The summed E-state index contributed by atoms with van der Waals surface area (Å²) in [5.74, 6) is -0.367. The Morgan fingerprint density at radius 2 is 2.24 bits per heavy atom. The number of hydrogen-bond donors (Lipinski definition) is 2. The summed E-state index contributed by atoms with van der Waals surface area (Å²) < 4.78 is 1.68. The monoisotopic (exact) mass is 288 g/mol. The first kappa shape index (κ1) is 13.9. The number of aromatic carboxylic acids is 1. The number of H-pyrrole nitrogens is 1. The quantitative estimate of drug-likeness (QED) is 0.911. The first-order chi connectivity index (χ1) is 10.1. The molecular weight excluding hydrogens is 268 g/mol. The van der Waals surface area contributed by atoms with Crippen molar-refractivity contribution in [3.05, 3.63) is 34.2 Å². The normalized spacial score (nSPS) is 22.5. The number of carbonyl (C=O) groups is 1. The Morgan fingerprint density at radius 1 is 1.43 bits per heavy atom. The van der Waals surface area contributed by atoms with E-state index in [9.17, 15) is 14.7 Å². The second-order valence-corrected chi connectivity index (χ2v) is 5.90. The summed E-state index contributed by atoms with van der Waals surface area (Å²) in [6.45, 7) is 2.17. The van der Waals surface area contributed by atoms with Gasteiger partial charge in [-0.3, -0.25) is 4.57 Å². The van der Waals surface area contributed by atoms with Crippen LogP contribution in [0.1, 0.15) is 55.4 Å². The molecule has 0 amide bonds. The Kier molecular flexibility index (Phi) is 3.57. The molecule has 1 aromatic carbocycles. The Hall–Kier alpha value is -2.04. The lowest BCUT2D eigenvalue weighted by Crippen LogP contribution is -2.27. The number of nitrogens with zero attached hydrogens (tertiary/aromatic N) is 1. The fourth-order valence-electron chi connectivity index (χ4n) is 3.57. The van der Waals surface area contributed by atoms with Crippen LogP contribution in [0.4, 0.5) is 0 Å². The van der Waals surface area contributed by atoms with E-state index in [0.717, 1.165) is 25.7 Å². The summed E-state index contributed by atoms with van der Waals surface area (Å²) in [5, 5.41) is 9.38. The molecule has 1 heterocycles. The van der Waals surface area contributed by atoms with Crippen molar-refractivity contribution in [2.75, 3.05) is 0 Å². The van der Waals surface area contributed by atoms with Crippen molar-refractivity contribution in [2.45, 2.75) is 45.1 Å². The number of imidazole rings is 1. The van der Waals surface area contributed by atoms with Gasteiger partial charge >= 0.3 is 11.7 Å². The van der Waals surface area contributed by atoms with Crippen LogP contribution in [0.25, 0.3) is 11.0 Å². The fraction of sp³-hybridized carbons (Fsp3) is 0.500. The fourth-order valence-corrected chi connectivity index (χ4v) is 3.57. The Bertz CT molecular complexity index is 729. The molecule has 2 unspecified atom stereocenters. The standard InChI is InChI=1S/C16H20N2O3/c1-2-10-5-3-6-11(9-10)18-14-12(15(19)20)7-4-8-13(14)17-16(18)21/h4,7-8,10-11H,2-3,5-6,9H2,1H3,(H,17,21)(H,19,20). The summed E-state index contributed by atoms with van der Waals surface area (Å²) in [7, 11) is 0. The minimum absolute atomic E-state index is 0.102. The zero-order valence-corrected chi connectivity index (χ0v) is 12.1. The molecule has 0 spiro atoms. The van der Waals surface area contributed by atoms with Crippen LogP contribution in [0.2, 0.25) is 0 Å². The maximum absolute atomic E-state index is 12.3. The van der Waals surface area contributed by atoms with Crippen molar-refractivity contribution in [2.24, 2.45) is 5.92 Å². The molecule has 2 atom stereocenters. The van der Waals surface area contributed by atoms with Crippen molar-refractivity contribution < 1.29 is 9.90 Å². The van der Waals surface area contributed by atoms with Crippen LogP contribution in [-0.2, 0) is 0 Å². The molecule has 112 valence electrons. The highest BCUT2D eigenvalue weighted by Crippen LogP contribution is 2.35. The lowest BCUT2D eigenvalue weighted by molar-refractivity contribution is 0.0698. The number of benzene rings is 1. The predicted molar refractivity (Wildman–Crippen MR) is 80.8 cm³/mol. The van der Waals surface area contributed by atoms with E-state index in [2.05, 4.69) is 11.9 Å². The van der Waals surface area contributed by atoms with Gasteiger partial charge in [0.25, 0.3) is 0 Å². The van der Waals surface area contributed by atoms with Crippen molar-refractivity contribution in [3.8, 4) is 0 Å². The third-order valence-electron chi connectivity index (χ3n) is 4.67. The lowest BCUT2D eigenvalue weighted by atomic mass is 9.84. The summed E-state index contributed by atoms with van der Waals surface area (Å²) in [6, 6.07) is 5.10. The van der Waals surface area contributed by atoms with E-state index in [4.69, 9.17) is 0 Å². The molecule has 1 fully saturated rings. The maximum atomic E-state index is 12.3. The average molecular weight is 288 g/mol. The molecule has 0 aliphatic heterocycles. The van der Waals surface area contributed by atoms with Crippen LogP contribution in [0.3, 0.4) is 0 Å². The van der Waals surface area contributed by atoms with Gasteiger partial charge in [0.2, 0.25) is 0 Å². The van der Waals surface area contributed by atoms with Crippen molar-refractivity contribution in [1.29, 1.82) is 0 Å². The third-order valence-corrected chi connectivity index (χ3v) is 4.67. The molecule has 5 heteroatoms. The van der Waals surface area contributed by atoms with Crippen LogP contribution < -0.4 is 5.69 Å². The van der Waals surface area contributed by atoms with Gasteiger partial charge in [-0.25, -0.2) is 9.59 Å². The molecule has 1 aromatic heterocycles. The van der Waals surface area contributed by atoms with Crippen molar-refractivity contribution in [3.63, 3.8) is 0 Å². The van der Waals surface area contributed by atoms with Gasteiger partial charge in [-0.15, -0.1) is 0 Å². The molecule has 1 aliphatic rings. The molecule has 0 saturated heterocycles. The first-order valence-electron chi connectivity index (χ1n) is 7.58. The molecule has 3 rings (SSSR count). The number of para-hydroxylation sites is 1. The molecule has 5 nitrogen and oxygen atoms in total. The Labute approximate surface area is 122 Å². The van der Waals surface area contributed by atoms with Gasteiger partial charge in [0.15, 0.2) is 0 Å². The van der Waals surface area contributed by atoms with E-state index in [1.165, 1.54) is 6.42 Å². The number of carboxylic acids is 1. The molecular formula is C16H20N2O3. The minimum Gasteiger partial charge on any atom is -0.478 e. The Morgan fingerprint density at radius 3 is 2.95 bits per heavy atom. The average Bonchev–Trinajstić information content (AvgIpc) is 2.82. The van der Waals surface area contributed by atoms with Crippen LogP contribution in [0.15, 0.2) is 23.0 Å². The van der Waals surface area contributed by atoms with Crippen LogP contribution >= 0.6 is 0 Å². The largest absolute Gasteiger partial charge is 0.478 e. The van der Waals surface area contributed by atoms with Gasteiger partial charge in [0.1, 0.15) is 0 Å². The first-order valence-corrected chi connectivity index (χ1v) is 7.58. The Balaban J connectivity index is 2.15. The number of rotatable bonds is 3. The van der Waals surface area contributed by atoms with Crippen LogP contribution in [-0.4, -0.2) is 20.6 Å². The number of nitrogens with one attached hydrogen (secondary N) is 1. The van der Waals surface area contributed by atoms with E-state index in [1.54, 1.807) is 22.8 Å². The molecule has 0 radical (unpaired) electrons. The highest BCUT2D eigenvalue weighted by Gasteiger charge is 2.26. The predicted octanol–water partition coefficient (Wildman–Crippen LogP) is 3.17. The second kappa shape index (κ2) is 5.39. The zero-order chi connectivity index (χ0) is 15.0. The molecule has 0 bridgehead atoms. The van der Waals surface area contributed by atoms with Gasteiger partial charge in [0.05, 0.1) is 16.6 Å². The van der Waals surface area contributed by atoms with Crippen LogP contribution in [0, 0.1) is 5.92 Å². The molecule has 2 aromatic rings. The van der Waals surface area contributed by atoms with E-state index in [-0.39, 0.29) is 17.3 Å². The third kappa shape index (κ3) is 2.37.